The Kier molecular flexibility index (Phi) is 4.82. The van der Waals surface area contributed by atoms with E-state index in [0.717, 1.165) is 51.9 Å². The third kappa shape index (κ3) is 3.58. The zero-order valence-electron chi connectivity index (χ0n) is 13.0. The molecule has 0 N–H and O–H groups in total. The summed E-state index contributed by atoms with van der Waals surface area (Å²) in [6.45, 7) is 5.90. The molecular formula is C16H27NO4. The van der Waals surface area contributed by atoms with E-state index >= 15 is 0 Å². The van der Waals surface area contributed by atoms with E-state index in [1.165, 1.54) is 12.8 Å². The number of hydrogen-bond acceptors (Lipinski definition) is 5. The van der Waals surface area contributed by atoms with Gasteiger partial charge in [0.1, 0.15) is 0 Å². The lowest BCUT2D eigenvalue weighted by molar-refractivity contribution is -0.163. The van der Waals surface area contributed by atoms with Crippen molar-refractivity contribution in [2.75, 3.05) is 32.8 Å². The number of esters is 1. The first-order chi connectivity index (χ1) is 10.2. The number of carbonyl (C=O) groups excluding carboxylic acids is 1. The van der Waals surface area contributed by atoms with E-state index in [2.05, 4.69) is 4.90 Å². The predicted molar refractivity (Wildman–Crippen MR) is 77.8 cm³/mol. The maximum atomic E-state index is 11.7. The fourth-order valence-electron chi connectivity index (χ4n) is 3.78. The maximum absolute atomic E-state index is 11.7. The van der Waals surface area contributed by atoms with Crippen LogP contribution in [0.4, 0.5) is 0 Å². The van der Waals surface area contributed by atoms with E-state index in [4.69, 9.17) is 14.2 Å². The van der Waals surface area contributed by atoms with Crippen LogP contribution in [0.5, 0.6) is 0 Å². The lowest BCUT2D eigenvalue weighted by atomic mass is 9.97. The predicted octanol–water partition coefficient (Wildman–Crippen LogP) is 1.95. The van der Waals surface area contributed by atoms with Crippen LogP contribution in [0.1, 0.15) is 45.4 Å². The van der Waals surface area contributed by atoms with Crippen molar-refractivity contribution in [3.05, 3.63) is 0 Å². The highest BCUT2D eigenvalue weighted by atomic mass is 16.7. The molecule has 120 valence electrons. The summed E-state index contributed by atoms with van der Waals surface area (Å²) in [7, 11) is 0. The Morgan fingerprint density at radius 3 is 2.67 bits per heavy atom. The second kappa shape index (κ2) is 6.63. The molecule has 5 nitrogen and oxygen atoms in total. The zero-order valence-corrected chi connectivity index (χ0v) is 13.0. The van der Waals surface area contributed by atoms with Crippen LogP contribution in [0.15, 0.2) is 0 Å². The summed E-state index contributed by atoms with van der Waals surface area (Å²) in [5.41, 5.74) is 0. The fraction of sp³-hybridized carbons (Fsp3) is 0.938. The Morgan fingerprint density at radius 1 is 1.29 bits per heavy atom. The Balaban J connectivity index is 1.41. The van der Waals surface area contributed by atoms with Crippen LogP contribution in [0.25, 0.3) is 0 Å². The van der Waals surface area contributed by atoms with E-state index in [9.17, 15) is 4.79 Å². The molecule has 3 rings (SSSR count). The first-order valence-electron chi connectivity index (χ1n) is 8.41. The minimum absolute atomic E-state index is 0.0255. The van der Waals surface area contributed by atoms with Gasteiger partial charge in [-0.1, -0.05) is 0 Å². The molecule has 3 aliphatic rings. The van der Waals surface area contributed by atoms with E-state index in [-0.39, 0.29) is 23.8 Å². The number of ether oxygens (including phenoxy) is 3. The number of piperidine rings is 1. The molecule has 1 atom stereocenters. The molecule has 2 aliphatic heterocycles. The highest BCUT2D eigenvalue weighted by molar-refractivity contribution is 5.72. The summed E-state index contributed by atoms with van der Waals surface area (Å²) in [5.74, 6) is -0.195. The number of likely N-dealkylation sites (tertiary alicyclic amines) is 1. The van der Waals surface area contributed by atoms with Gasteiger partial charge in [-0.15, -0.1) is 0 Å². The quantitative estimate of drug-likeness (QED) is 0.742. The Bertz CT molecular complexity index is 359. The van der Waals surface area contributed by atoms with Gasteiger partial charge in [0.2, 0.25) is 0 Å². The molecule has 0 bridgehead atoms. The van der Waals surface area contributed by atoms with Crippen LogP contribution in [0, 0.1) is 5.92 Å². The van der Waals surface area contributed by atoms with E-state index in [1.807, 2.05) is 6.92 Å². The molecule has 2 heterocycles. The molecular weight excluding hydrogens is 270 g/mol. The van der Waals surface area contributed by atoms with Gasteiger partial charge in [-0.25, -0.2) is 0 Å². The summed E-state index contributed by atoms with van der Waals surface area (Å²) in [6.07, 6.45) is 6.54. The number of carbonyl (C=O) groups is 1. The number of hydrogen-bond donors (Lipinski definition) is 0. The molecule has 5 heteroatoms. The van der Waals surface area contributed by atoms with Gasteiger partial charge in [-0.3, -0.25) is 4.79 Å². The van der Waals surface area contributed by atoms with Crippen LogP contribution >= 0.6 is 0 Å². The Labute approximate surface area is 126 Å². The van der Waals surface area contributed by atoms with Crippen molar-refractivity contribution in [2.24, 2.45) is 5.92 Å². The largest absolute Gasteiger partial charge is 0.466 e. The Hall–Kier alpha value is -0.650. The lowest BCUT2D eigenvalue weighted by Crippen LogP contribution is -2.42. The summed E-state index contributed by atoms with van der Waals surface area (Å²) in [5, 5.41) is 0. The van der Waals surface area contributed by atoms with Crippen LogP contribution in [-0.4, -0.2) is 55.6 Å². The molecule has 0 aromatic rings. The van der Waals surface area contributed by atoms with Gasteiger partial charge in [0.05, 0.1) is 25.2 Å². The van der Waals surface area contributed by atoms with Gasteiger partial charge in [-0.2, -0.15) is 0 Å². The fourth-order valence-corrected chi connectivity index (χ4v) is 3.78. The molecule has 21 heavy (non-hydrogen) atoms. The third-order valence-corrected chi connectivity index (χ3v) is 4.95. The van der Waals surface area contributed by atoms with E-state index in [1.54, 1.807) is 0 Å². The summed E-state index contributed by atoms with van der Waals surface area (Å²) < 4.78 is 17.2. The minimum Gasteiger partial charge on any atom is -0.466 e. The van der Waals surface area contributed by atoms with Crippen molar-refractivity contribution < 1.29 is 19.0 Å². The van der Waals surface area contributed by atoms with Gasteiger partial charge in [-0.05, 0) is 45.7 Å². The minimum atomic E-state index is -0.256. The molecule has 1 aliphatic carbocycles. The van der Waals surface area contributed by atoms with Gasteiger partial charge in [0, 0.05) is 19.4 Å². The van der Waals surface area contributed by atoms with Crippen LogP contribution in [0.2, 0.25) is 0 Å². The maximum Gasteiger partial charge on any atom is 0.309 e. The molecule has 2 saturated heterocycles. The third-order valence-electron chi connectivity index (χ3n) is 4.95. The van der Waals surface area contributed by atoms with Crippen LogP contribution in [0.3, 0.4) is 0 Å². The van der Waals surface area contributed by atoms with Crippen molar-refractivity contribution in [1.82, 2.24) is 4.90 Å². The first-order valence-corrected chi connectivity index (χ1v) is 8.41. The first kappa shape index (κ1) is 15.3. The van der Waals surface area contributed by atoms with Crippen LogP contribution < -0.4 is 0 Å². The normalized spacial score (nSPS) is 30.0. The molecule has 0 aromatic heterocycles. The second-order valence-corrected chi connectivity index (χ2v) is 6.50. The summed E-state index contributed by atoms with van der Waals surface area (Å²) in [6, 6.07) is 0. The zero-order chi connectivity index (χ0) is 14.7. The molecule has 0 radical (unpaired) electrons. The highest BCUT2D eigenvalue weighted by Gasteiger charge is 2.44. The molecule has 0 aromatic carbocycles. The second-order valence-electron chi connectivity index (χ2n) is 6.50. The molecule has 1 saturated carbocycles. The van der Waals surface area contributed by atoms with Crippen molar-refractivity contribution >= 4 is 5.97 Å². The molecule has 1 unspecified atom stereocenters. The average Bonchev–Trinajstić information content (AvgIpc) is 3.11. The van der Waals surface area contributed by atoms with Gasteiger partial charge < -0.3 is 19.1 Å². The van der Waals surface area contributed by atoms with Gasteiger partial charge in [0.15, 0.2) is 5.79 Å². The SMILES string of the molecule is CCOC(=O)C1CCN(CC2COC3(CCCC3)O2)CC1. The smallest absolute Gasteiger partial charge is 0.309 e. The van der Waals surface area contributed by atoms with Crippen molar-refractivity contribution in [2.45, 2.75) is 57.3 Å². The molecule has 0 amide bonds. The standard InChI is InChI=1S/C16H27NO4/c1-2-19-15(18)13-5-9-17(10-6-13)11-14-12-20-16(21-14)7-3-4-8-16/h13-14H,2-12H2,1H3. The van der Waals surface area contributed by atoms with E-state index in [0.29, 0.717) is 6.61 Å². The van der Waals surface area contributed by atoms with E-state index < -0.39 is 0 Å². The summed E-state index contributed by atoms with van der Waals surface area (Å²) >= 11 is 0. The van der Waals surface area contributed by atoms with Gasteiger partial charge in [0.25, 0.3) is 0 Å². The van der Waals surface area contributed by atoms with Crippen molar-refractivity contribution in [3.63, 3.8) is 0 Å². The molecule has 3 fully saturated rings. The lowest BCUT2D eigenvalue weighted by Gasteiger charge is -2.32. The number of rotatable bonds is 4. The Morgan fingerprint density at radius 2 is 2.00 bits per heavy atom. The van der Waals surface area contributed by atoms with Crippen molar-refractivity contribution in [3.8, 4) is 0 Å². The monoisotopic (exact) mass is 297 g/mol. The van der Waals surface area contributed by atoms with Crippen molar-refractivity contribution in [1.29, 1.82) is 0 Å². The topological polar surface area (TPSA) is 48.0 Å². The number of nitrogens with zero attached hydrogens (tertiary/aromatic N) is 1. The highest BCUT2D eigenvalue weighted by Crippen LogP contribution is 2.39. The summed E-state index contributed by atoms with van der Waals surface area (Å²) in [4.78, 5) is 14.1. The van der Waals surface area contributed by atoms with Crippen LogP contribution in [-0.2, 0) is 19.0 Å². The average molecular weight is 297 g/mol. The molecule has 1 spiro atoms. The van der Waals surface area contributed by atoms with Gasteiger partial charge >= 0.3 is 5.97 Å².